The van der Waals surface area contributed by atoms with Crippen LogP contribution in [0.2, 0.25) is 0 Å². The maximum absolute atomic E-state index is 13.2. The third-order valence-electron chi connectivity index (χ3n) is 1.78. The summed E-state index contributed by atoms with van der Waals surface area (Å²) < 4.78 is 13.2. The highest BCUT2D eigenvalue weighted by atomic mass is 32.1. The molecule has 0 aromatic heterocycles. The number of hydrogen-bond acceptors (Lipinski definition) is 2. The van der Waals surface area contributed by atoms with Crippen LogP contribution < -0.4 is 0 Å². The average Bonchev–Trinajstić information content (AvgIpc) is 2.08. The van der Waals surface area contributed by atoms with Gasteiger partial charge in [-0.1, -0.05) is 13.8 Å². The van der Waals surface area contributed by atoms with Gasteiger partial charge in [0.25, 0.3) is 0 Å². The number of thiocarbonyl (C=S) groups is 1. The van der Waals surface area contributed by atoms with E-state index in [0.29, 0.717) is 11.3 Å². The molecule has 1 nitrogen and oxygen atoms in total. The van der Waals surface area contributed by atoms with Gasteiger partial charge in [0.1, 0.15) is 5.82 Å². The Morgan fingerprint density at radius 2 is 2.15 bits per heavy atom. The molecule has 0 amide bonds. The summed E-state index contributed by atoms with van der Waals surface area (Å²) in [5, 5.41) is 2.26. The molecule has 1 aromatic carbocycles. The van der Waals surface area contributed by atoms with Gasteiger partial charge in [-0.25, -0.2) is 4.39 Å². The lowest BCUT2D eigenvalue weighted by Gasteiger charge is -2.06. The highest BCUT2D eigenvalue weighted by Gasteiger charge is 2.06. The van der Waals surface area contributed by atoms with Gasteiger partial charge in [-0.15, -0.1) is 0 Å². The van der Waals surface area contributed by atoms with Gasteiger partial charge in [0.2, 0.25) is 0 Å². The minimum absolute atomic E-state index is 0.153. The van der Waals surface area contributed by atoms with Crippen LogP contribution in [0.4, 0.5) is 10.1 Å². The Labute approximate surface area is 82.3 Å². The first-order chi connectivity index (χ1) is 6.15. The molecule has 0 atom stereocenters. The highest BCUT2D eigenvalue weighted by molar-refractivity contribution is 7.78. The molecule has 0 heterocycles. The van der Waals surface area contributed by atoms with Crippen LogP contribution in [-0.4, -0.2) is 5.16 Å². The van der Waals surface area contributed by atoms with Gasteiger partial charge in [-0.2, -0.15) is 4.99 Å². The summed E-state index contributed by atoms with van der Waals surface area (Å²) in [4.78, 5) is 3.79. The van der Waals surface area contributed by atoms with Crippen LogP contribution in [0.25, 0.3) is 0 Å². The standard InChI is InChI=1S/C10H10FNS/c1-7(2)9-5-8(12-6-13)3-4-10(9)11/h3-5,7H,1-2H3. The number of rotatable bonds is 2. The van der Waals surface area contributed by atoms with E-state index in [0.717, 1.165) is 0 Å². The van der Waals surface area contributed by atoms with Gasteiger partial charge >= 0.3 is 0 Å². The Bertz CT molecular complexity index is 354. The Kier molecular flexibility index (Phi) is 3.29. The molecule has 0 N–H and O–H groups in total. The Morgan fingerprint density at radius 1 is 1.46 bits per heavy atom. The molecule has 0 fully saturated rings. The quantitative estimate of drug-likeness (QED) is 0.518. The predicted octanol–water partition coefficient (Wildman–Crippen LogP) is 3.68. The van der Waals surface area contributed by atoms with E-state index in [-0.39, 0.29) is 11.7 Å². The summed E-state index contributed by atoms with van der Waals surface area (Å²) in [5.74, 6) is -0.0430. The summed E-state index contributed by atoms with van der Waals surface area (Å²) in [5.41, 5.74) is 1.31. The zero-order valence-corrected chi connectivity index (χ0v) is 8.36. The van der Waals surface area contributed by atoms with E-state index in [1.165, 1.54) is 6.07 Å². The van der Waals surface area contributed by atoms with Gasteiger partial charge in [-0.05, 0) is 41.9 Å². The van der Waals surface area contributed by atoms with Crippen molar-refractivity contribution in [2.75, 3.05) is 0 Å². The number of aliphatic imine (C=N–C) groups is 1. The minimum atomic E-state index is -0.196. The molecule has 68 valence electrons. The first-order valence-electron chi connectivity index (χ1n) is 4.02. The van der Waals surface area contributed by atoms with Gasteiger partial charge in [0, 0.05) is 0 Å². The van der Waals surface area contributed by atoms with Gasteiger partial charge in [0.15, 0.2) is 0 Å². The molecule has 0 aliphatic heterocycles. The van der Waals surface area contributed by atoms with Crippen molar-refractivity contribution in [2.24, 2.45) is 4.99 Å². The Balaban J connectivity index is 3.18. The molecule has 0 aliphatic rings. The highest BCUT2D eigenvalue weighted by Crippen LogP contribution is 2.23. The van der Waals surface area contributed by atoms with E-state index in [2.05, 4.69) is 22.4 Å². The SMILES string of the molecule is CC(C)c1cc(N=C=S)ccc1F. The van der Waals surface area contributed by atoms with E-state index in [1.54, 1.807) is 12.1 Å². The number of halogens is 1. The minimum Gasteiger partial charge on any atom is -0.207 e. The second-order valence-corrected chi connectivity index (χ2v) is 3.25. The molecule has 1 rings (SSSR count). The molecule has 3 heteroatoms. The zero-order chi connectivity index (χ0) is 9.84. The predicted molar refractivity (Wildman–Crippen MR) is 55.2 cm³/mol. The molecule has 13 heavy (non-hydrogen) atoms. The van der Waals surface area contributed by atoms with Crippen molar-refractivity contribution in [1.29, 1.82) is 0 Å². The van der Waals surface area contributed by atoms with Gasteiger partial charge < -0.3 is 0 Å². The van der Waals surface area contributed by atoms with Crippen molar-refractivity contribution in [3.05, 3.63) is 29.6 Å². The van der Waals surface area contributed by atoms with Crippen molar-refractivity contribution >= 4 is 23.1 Å². The zero-order valence-electron chi connectivity index (χ0n) is 7.54. The Morgan fingerprint density at radius 3 is 2.69 bits per heavy atom. The molecule has 0 radical (unpaired) electrons. The fraction of sp³-hybridized carbons (Fsp3) is 0.300. The smallest absolute Gasteiger partial charge is 0.126 e. The van der Waals surface area contributed by atoms with Crippen LogP contribution in [-0.2, 0) is 0 Å². The number of benzene rings is 1. The van der Waals surface area contributed by atoms with Crippen molar-refractivity contribution in [1.82, 2.24) is 0 Å². The van der Waals surface area contributed by atoms with Crippen molar-refractivity contribution in [3.8, 4) is 0 Å². The third kappa shape index (κ3) is 2.44. The summed E-state index contributed by atoms with van der Waals surface area (Å²) >= 11 is 4.47. The summed E-state index contributed by atoms with van der Waals surface area (Å²) in [6.07, 6.45) is 0. The third-order valence-corrected chi connectivity index (χ3v) is 1.87. The number of isothiocyanates is 1. The van der Waals surface area contributed by atoms with E-state index in [1.807, 2.05) is 13.8 Å². The maximum Gasteiger partial charge on any atom is 0.126 e. The molecule has 1 aromatic rings. The van der Waals surface area contributed by atoms with Crippen LogP contribution in [0, 0.1) is 5.82 Å². The lowest BCUT2D eigenvalue weighted by atomic mass is 10.0. The average molecular weight is 195 g/mol. The van der Waals surface area contributed by atoms with Crippen LogP contribution >= 0.6 is 12.2 Å². The Hall–Kier alpha value is -1.05. The first-order valence-corrected chi connectivity index (χ1v) is 4.43. The largest absolute Gasteiger partial charge is 0.207 e. The van der Waals surface area contributed by atoms with Gasteiger partial charge in [0.05, 0.1) is 10.8 Å². The van der Waals surface area contributed by atoms with Crippen molar-refractivity contribution < 1.29 is 4.39 Å². The molecule has 0 saturated heterocycles. The fourth-order valence-electron chi connectivity index (χ4n) is 1.10. The second kappa shape index (κ2) is 4.26. The molecule has 0 spiro atoms. The van der Waals surface area contributed by atoms with E-state index in [9.17, 15) is 4.39 Å². The van der Waals surface area contributed by atoms with Crippen LogP contribution in [0.5, 0.6) is 0 Å². The van der Waals surface area contributed by atoms with Gasteiger partial charge in [-0.3, -0.25) is 0 Å². The number of hydrogen-bond donors (Lipinski definition) is 0. The topological polar surface area (TPSA) is 12.4 Å². The molecule has 0 bridgehead atoms. The monoisotopic (exact) mass is 195 g/mol. The van der Waals surface area contributed by atoms with Crippen LogP contribution in [0.1, 0.15) is 25.3 Å². The lowest BCUT2D eigenvalue weighted by Crippen LogP contribution is -1.91. The van der Waals surface area contributed by atoms with Crippen molar-refractivity contribution in [2.45, 2.75) is 19.8 Å². The second-order valence-electron chi connectivity index (χ2n) is 3.06. The van der Waals surface area contributed by atoms with E-state index < -0.39 is 0 Å². The normalized spacial score (nSPS) is 9.85. The maximum atomic E-state index is 13.2. The summed E-state index contributed by atoms with van der Waals surface area (Å²) in [6, 6.07) is 4.68. The lowest BCUT2D eigenvalue weighted by molar-refractivity contribution is 0.598. The van der Waals surface area contributed by atoms with E-state index >= 15 is 0 Å². The van der Waals surface area contributed by atoms with Crippen molar-refractivity contribution in [3.63, 3.8) is 0 Å². The molecular formula is C10H10FNS. The molecule has 0 saturated carbocycles. The fourth-order valence-corrected chi connectivity index (χ4v) is 1.20. The van der Waals surface area contributed by atoms with E-state index in [4.69, 9.17) is 0 Å². The molecule has 0 aliphatic carbocycles. The van der Waals surface area contributed by atoms with Crippen LogP contribution in [0.3, 0.4) is 0 Å². The summed E-state index contributed by atoms with van der Waals surface area (Å²) in [6.45, 7) is 3.87. The first kappa shape index (κ1) is 10.0. The number of nitrogens with zero attached hydrogens (tertiary/aromatic N) is 1. The molecule has 0 unspecified atom stereocenters. The van der Waals surface area contributed by atoms with Crippen LogP contribution in [0.15, 0.2) is 23.2 Å². The summed E-state index contributed by atoms with van der Waals surface area (Å²) in [7, 11) is 0. The molecular weight excluding hydrogens is 185 g/mol.